The van der Waals surface area contributed by atoms with E-state index in [1.54, 1.807) is 14.2 Å². The monoisotopic (exact) mass is 419 g/mol. The topological polar surface area (TPSA) is 65.1 Å². The van der Waals surface area contributed by atoms with Crippen LogP contribution in [0.2, 0.25) is 0 Å². The van der Waals surface area contributed by atoms with Crippen molar-refractivity contribution in [2.45, 2.75) is 6.42 Å². The maximum atomic E-state index is 12.6. The number of furan rings is 1. The van der Waals surface area contributed by atoms with E-state index in [2.05, 4.69) is 5.32 Å². The van der Waals surface area contributed by atoms with Gasteiger partial charge in [0.15, 0.2) is 18.0 Å². The van der Waals surface area contributed by atoms with Gasteiger partial charge in [0.05, 0.1) is 27.8 Å². The van der Waals surface area contributed by atoms with E-state index in [1.165, 1.54) is 0 Å². The second-order valence-corrected chi connectivity index (χ2v) is 7.68. The molecule has 6 nitrogen and oxygen atoms in total. The number of likely N-dealkylation sites (N-methyl/N-ethyl adjacent to an activating group) is 1. The normalized spacial score (nSPS) is 12.1. The van der Waals surface area contributed by atoms with Gasteiger partial charge >= 0.3 is 0 Å². The number of hydrogen-bond donors (Lipinski definition) is 2. The fourth-order valence-corrected chi connectivity index (χ4v) is 3.77. The van der Waals surface area contributed by atoms with Crippen LogP contribution < -0.4 is 19.7 Å². The first-order valence-corrected chi connectivity index (χ1v) is 10.3. The van der Waals surface area contributed by atoms with Crippen LogP contribution in [0, 0.1) is 0 Å². The molecule has 0 bridgehead atoms. The van der Waals surface area contributed by atoms with Crippen molar-refractivity contribution in [3.05, 3.63) is 66.2 Å². The molecule has 4 aromatic rings. The summed E-state index contributed by atoms with van der Waals surface area (Å²) in [5.74, 6) is 1.42. The number of benzene rings is 3. The van der Waals surface area contributed by atoms with Crippen molar-refractivity contribution in [2.75, 3.05) is 39.7 Å². The molecule has 0 saturated heterocycles. The van der Waals surface area contributed by atoms with Crippen molar-refractivity contribution < 1.29 is 23.6 Å². The second kappa shape index (κ2) is 9.10. The van der Waals surface area contributed by atoms with Crippen LogP contribution in [0.1, 0.15) is 5.56 Å². The molecule has 1 heterocycles. The van der Waals surface area contributed by atoms with E-state index in [0.29, 0.717) is 12.3 Å². The minimum atomic E-state index is -0.0167. The molecule has 3 aromatic carbocycles. The van der Waals surface area contributed by atoms with Crippen molar-refractivity contribution in [2.24, 2.45) is 0 Å². The number of quaternary nitrogens is 1. The van der Waals surface area contributed by atoms with Crippen LogP contribution in [0.15, 0.2) is 65.1 Å². The standard InChI is InChI=1S/C25H26N2O4/c1-27(13-12-17-8-10-23(29-2)24(14-17)30-3)16-25(28)26-18-9-11-22-20(15-18)19-6-4-5-7-21(19)31-22/h4-11,14-15H,12-13,16H2,1-3H3,(H,26,28)/p+1. The quantitative estimate of drug-likeness (QED) is 0.460. The van der Waals surface area contributed by atoms with Gasteiger partial charge in [-0.15, -0.1) is 0 Å². The van der Waals surface area contributed by atoms with Crippen molar-refractivity contribution in [3.63, 3.8) is 0 Å². The van der Waals surface area contributed by atoms with E-state index in [1.807, 2.05) is 67.7 Å². The van der Waals surface area contributed by atoms with E-state index >= 15 is 0 Å². The van der Waals surface area contributed by atoms with Gasteiger partial charge in [-0.05, 0) is 42.0 Å². The fourth-order valence-electron chi connectivity index (χ4n) is 3.77. The van der Waals surface area contributed by atoms with Crippen LogP contribution in [0.3, 0.4) is 0 Å². The highest BCUT2D eigenvalue weighted by molar-refractivity contribution is 6.06. The van der Waals surface area contributed by atoms with Gasteiger partial charge in [0.25, 0.3) is 5.91 Å². The average Bonchev–Trinajstić information content (AvgIpc) is 3.15. The Labute approximate surface area is 181 Å². The molecule has 1 amide bonds. The Morgan fingerprint density at radius 3 is 2.52 bits per heavy atom. The van der Waals surface area contributed by atoms with Gasteiger partial charge in [-0.2, -0.15) is 0 Å². The first-order valence-electron chi connectivity index (χ1n) is 10.3. The number of carbonyl (C=O) groups is 1. The zero-order valence-electron chi connectivity index (χ0n) is 18.0. The van der Waals surface area contributed by atoms with E-state index in [9.17, 15) is 4.79 Å². The molecule has 6 heteroatoms. The lowest BCUT2D eigenvalue weighted by Gasteiger charge is -2.15. The predicted octanol–water partition coefficient (Wildman–Crippen LogP) is 3.30. The van der Waals surface area contributed by atoms with Crippen LogP contribution in [-0.4, -0.2) is 40.3 Å². The number of carbonyl (C=O) groups excluding carboxylic acids is 1. The maximum absolute atomic E-state index is 12.6. The van der Waals surface area contributed by atoms with E-state index in [4.69, 9.17) is 13.9 Å². The largest absolute Gasteiger partial charge is 0.493 e. The molecule has 0 aliphatic heterocycles. The van der Waals surface area contributed by atoms with Crippen LogP contribution in [0.5, 0.6) is 11.5 Å². The average molecular weight is 420 g/mol. The SMILES string of the molecule is COc1ccc(CC[NH+](C)CC(=O)Nc2ccc3oc4ccccc4c3c2)cc1OC. The molecule has 0 saturated carbocycles. The number of methoxy groups -OCH3 is 2. The Balaban J connectivity index is 1.35. The summed E-state index contributed by atoms with van der Waals surface area (Å²) in [5.41, 5.74) is 3.59. The van der Waals surface area contributed by atoms with E-state index in [0.717, 1.165) is 56.8 Å². The van der Waals surface area contributed by atoms with Crippen LogP contribution >= 0.6 is 0 Å². The molecule has 1 unspecified atom stereocenters. The fraction of sp³-hybridized carbons (Fsp3) is 0.240. The molecule has 31 heavy (non-hydrogen) atoms. The molecule has 1 aromatic heterocycles. The number of ether oxygens (including phenoxy) is 2. The Bertz CT molecular complexity index is 1210. The summed E-state index contributed by atoms with van der Waals surface area (Å²) < 4.78 is 16.5. The summed E-state index contributed by atoms with van der Waals surface area (Å²) in [4.78, 5) is 13.7. The molecule has 0 aliphatic carbocycles. The zero-order chi connectivity index (χ0) is 21.8. The van der Waals surface area contributed by atoms with Gasteiger partial charge in [0.1, 0.15) is 11.2 Å². The second-order valence-electron chi connectivity index (χ2n) is 7.68. The third-order valence-corrected chi connectivity index (χ3v) is 5.41. The highest BCUT2D eigenvalue weighted by Crippen LogP contribution is 2.30. The molecule has 2 N–H and O–H groups in total. The van der Waals surface area contributed by atoms with Gasteiger partial charge in [-0.25, -0.2) is 0 Å². The van der Waals surface area contributed by atoms with E-state index in [-0.39, 0.29) is 5.91 Å². The predicted molar refractivity (Wildman–Crippen MR) is 122 cm³/mol. The zero-order valence-corrected chi connectivity index (χ0v) is 18.0. The minimum absolute atomic E-state index is 0.0167. The van der Waals surface area contributed by atoms with Gasteiger partial charge in [0, 0.05) is 22.9 Å². The lowest BCUT2D eigenvalue weighted by molar-refractivity contribution is -0.870. The molecule has 1 atom stereocenters. The Hall–Kier alpha value is -3.51. The lowest BCUT2D eigenvalue weighted by Crippen LogP contribution is -3.10. The molecular weight excluding hydrogens is 392 g/mol. The smallest absolute Gasteiger partial charge is 0.279 e. The summed E-state index contributed by atoms with van der Waals surface area (Å²) in [6.45, 7) is 1.21. The number of hydrogen-bond acceptors (Lipinski definition) is 4. The number of nitrogens with one attached hydrogen (secondary N) is 2. The molecule has 0 radical (unpaired) electrons. The molecule has 4 rings (SSSR count). The number of rotatable bonds is 8. The highest BCUT2D eigenvalue weighted by atomic mass is 16.5. The van der Waals surface area contributed by atoms with Gasteiger partial charge in [-0.3, -0.25) is 4.79 Å². The summed E-state index contributed by atoms with van der Waals surface area (Å²) in [6.07, 6.45) is 0.840. The summed E-state index contributed by atoms with van der Waals surface area (Å²) in [7, 11) is 5.28. The van der Waals surface area contributed by atoms with Crippen molar-refractivity contribution in [3.8, 4) is 11.5 Å². The Morgan fingerprint density at radius 2 is 1.71 bits per heavy atom. The third-order valence-electron chi connectivity index (χ3n) is 5.41. The third kappa shape index (κ3) is 4.64. The van der Waals surface area contributed by atoms with Gasteiger partial charge in [-0.1, -0.05) is 24.3 Å². The molecule has 0 spiro atoms. The Morgan fingerprint density at radius 1 is 0.935 bits per heavy atom. The highest BCUT2D eigenvalue weighted by Gasteiger charge is 2.13. The first kappa shape index (κ1) is 20.8. The number of amides is 1. The maximum Gasteiger partial charge on any atom is 0.279 e. The summed E-state index contributed by atoms with van der Waals surface area (Å²) in [5, 5.41) is 5.06. The first-order chi connectivity index (χ1) is 15.1. The van der Waals surface area contributed by atoms with Crippen LogP contribution in [0.25, 0.3) is 21.9 Å². The Kier molecular flexibility index (Phi) is 6.09. The van der Waals surface area contributed by atoms with E-state index < -0.39 is 0 Å². The minimum Gasteiger partial charge on any atom is -0.493 e. The van der Waals surface area contributed by atoms with Crippen molar-refractivity contribution in [1.29, 1.82) is 0 Å². The van der Waals surface area contributed by atoms with Gasteiger partial charge in [0.2, 0.25) is 0 Å². The van der Waals surface area contributed by atoms with Crippen LogP contribution in [-0.2, 0) is 11.2 Å². The van der Waals surface area contributed by atoms with Crippen LogP contribution in [0.4, 0.5) is 5.69 Å². The molecule has 160 valence electrons. The molecule has 0 fully saturated rings. The molecule has 0 aliphatic rings. The summed E-state index contributed by atoms with van der Waals surface area (Å²) in [6, 6.07) is 19.6. The number of para-hydroxylation sites is 1. The van der Waals surface area contributed by atoms with Gasteiger partial charge < -0.3 is 24.1 Å². The number of anilines is 1. The lowest BCUT2D eigenvalue weighted by atomic mass is 10.1. The number of fused-ring (bicyclic) bond motifs is 3. The van der Waals surface area contributed by atoms with Crippen molar-refractivity contribution >= 4 is 33.5 Å². The van der Waals surface area contributed by atoms with Crippen molar-refractivity contribution in [1.82, 2.24) is 0 Å². The summed E-state index contributed by atoms with van der Waals surface area (Å²) >= 11 is 0. The molecular formula is C25H27N2O4+.